The Bertz CT molecular complexity index is 479. The van der Waals surface area contributed by atoms with Gasteiger partial charge in [0.25, 0.3) is 0 Å². The largest absolute Gasteiger partial charge is 0.369 e. The van der Waals surface area contributed by atoms with Crippen LogP contribution in [-0.2, 0) is 20.3 Å². The molecule has 0 aliphatic rings. The Balaban J connectivity index is 2.60. The molecular weight excluding hydrogens is 269 g/mol. The number of nitrogens with one attached hydrogen (secondary N) is 1. The highest BCUT2D eigenvalue weighted by Crippen LogP contribution is 2.17. The minimum atomic E-state index is -1.38. The predicted octanol–water partition coefficient (Wildman–Crippen LogP) is 2.32. The van der Waals surface area contributed by atoms with Crippen LogP contribution in [0.15, 0.2) is 23.1 Å². The van der Waals surface area contributed by atoms with Crippen LogP contribution < -0.4 is 5.32 Å². The average molecular weight is 287 g/mol. The summed E-state index contributed by atoms with van der Waals surface area (Å²) in [5.41, 5.74) is 0.324. The van der Waals surface area contributed by atoms with E-state index in [0.717, 1.165) is 12.5 Å². The minimum absolute atomic E-state index is 0.00683. The number of ether oxygens (including phenoxy) is 1. The maximum absolute atomic E-state index is 13.5. The molecule has 0 saturated heterocycles. The Hall–Kier alpha value is -1.27. The third kappa shape index (κ3) is 5.08. The predicted molar refractivity (Wildman–Crippen MR) is 73.1 cm³/mol. The molecule has 0 unspecified atom stereocenters. The van der Waals surface area contributed by atoms with E-state index in [0.29, 0.717) is 5.69 Å². The molecule has 0 aliphatic carbocycles. The van der Waals surface area contributed by atoms with Gasteiger partial charge < -0.3 is 10.1 Å². The monoisotopic (exact) mass is 287 g/mol. The Labute approximate surface area is 114 Å². The summed E-state index contributed by atoms with van der Waals surface area (Å²) in [4.78, 5) is 11.7. The van der Waals surface area contributed by atoms with Crippen LogP contribution in [-0.4, -0.2) is 29.1 Å². The third-order valence-corrected chi connectivity index (χ3v) is 3.55. The van der Waals surface area contributed by atoms with Gasteiger partial charge in [-0.15, -0.1) is 0 Å². The first kappa shape index (κ1) is 15.8. The van der Waals surface area contributed by atoms with Gasteiger partial charge in [0.2, 0.25) is 5.91 Å². The van der Waals surface area contributed by atoms with E-state index in [9.17, 15) is 13.4 Å². The number of amides is 1. The summed E-state index contributed by atoms with van der Waals surface area (Å²) in [6, 6.07) is 4.06. The molecule has 6 heteroatoms. The fraction of sp³-hybridized carbons (Fsp3) is 0.462. The van der Waals surface area contributed by atoms with E-state index >= 15 is 0 Å². The second-order valence-electron chi connectivity index (χ2n) is 4.18. The standard InChI is InChI=1S/C13H18FNO3S/c1-4-9(2)18-8-13(16)15-10-5-6-12(19(3)17)11(14)7-10/h5-7,9H,4,8H2,1-3H3,(H,15,16)/t9-,19-/m0/s1. The van der Waals surface area contributed by atoms with Crippen molar-refractivity contribution in [2.45, 2.75) is 31.3 Å². The van der Waals surface area contributed by atoms with E-state index in [1.54, 1.807) is 0 Å². The molecule has 2 atom stereocenters. The van der Waals surface area contributed by atoms with Crippen LogP contribution in [0.3, 0.4) is 0 Å². The van der Waals surface area contributed by atoms with Crippen molar-refractivity contribution in [3.05, 3.63) is 24.0 Å². The third-order valence-electron chi connectivity index (χ3n) is 2.60. The Morgan fingerprint density at radius 2 is 2.21 bits per heavy atom. The highest BCUT2D eigenvalue weighted by Gasteiger charge is 2.09. The first-order valence-corrected chi connectivity index (χ1v) is 7.54. The molecule has 0 fully saturated rings. The van der Waals surface area contributed by atoms with Crippen molar-refractivity contribution in [1.82, 2.24) is 0 Å². The maximum Gasteiger partial charge on any atom is 0.250 e. The highest BCUT2D eigenvalue weighted by atomic mass is 32.2. The number of benzene rings is 1. The molecule has 4 nitrogen and oxygen atoms in total. The fourth-order valence-corrected chi connectivity index (χ4v) is 1.94. The first-order valence-electron chi connectivity index (χ1n) is 5.98. The lowest BCUT2D eigenvalue weighted by Crippen LogP contribution is -2.21. The molecule has 19 heavy (non-hydrogen) atoms. The molecule has 1 amide bonds. The molecule has 0 radical (unpaired) electrons. The summed E-state index contributed by atoms with van der Waals surface area (Å²) in [6.45, 7) is 3.76. The van der Waals surface area contributed by atoms with Crippen molar-refractivity contribution in [3.8, 4) is 0 Å². The molecule has 1 N–H and O–H groups in total. The summed E-state index contributed by atoms with van der Waals surface area (Å²) in [5.74, 6) is -0.938. The Kier molecular flexibility index (Phi) is 6.11. The van der Waals surface area contributed by atoms with Gasteiger partial charge in [-0.1, -0.05) is 6.92 Å². The van der Waals surface area contributed by atoms with Crippen LogP contribution in [0.2, 0.25) is 0 Å². The zero-order valence-electron chi connectivity index (χ0n) is 11.2. The maximum atomic E-state index is 13.5. The quantitative estimate of drug-likeness (QED) is 0.873. The van der Waals surface area contributed by atoms with Crippen LogP contribution in [0.25, 0.3) is 0 Å². The molecule has 0 aromatic heterocycles. The zero-order valence-corrected chi connectivity index (χ0v) is 12.1. The van der Waals surface area contributed by atoms with Crippen molar-refractivity contribution in [2.75, 3.05) is 18.2 Å². The van der Waals surface area contributed by atoms with Crippen molar-refractivity contribution in [1.29, 1.82) is 0 Å². The summed E-state index contributed by atoms with van der Waals surface area (Å²) < 4.78 is 30.0. The molecule has 0 heterocycles. The number of rotatable bonds is 6. The minimum Gasteiger partial charge on any atom is -0.369 e. The van der Waals surface area contributed by atoms with Crippen molar-refractivity contribution in [2.24, 2.45) is 0 Å². The SMILES string of the molecule is CC[C@H](C)OCC(=O)Nc1ccc([S@](C)=O)c(F)c1. The van der Waals surface area contributed by atoms with Gasteiger partial charge >= 0.3 is 0 Å². The number of anilines is 1. The number of hydrogen-bond acceptors (Lipinski definition) is 3. The molecule has 1 aromatic rings. The number of halogens is 1. The summed E-state index contributed by atoms with van der Waals surface area (Å²) >= 11 is 0. The van der Waals surface area contributed by atoms with E-state index in [2.05, 4.69) is 5.32 Å². The van der Waals surface area contributed by atoms with Gasteiger partial charge in [-0.05, 0) is 31.5 Å². The smallest absolute Gasteiger partial charge is 0.250 e. The van der Waals surface area contributed by atoms with Crippen LogP contribution in [0.5, 0.6) is 0 Å². The van der Waals surface area contributed by atoms with Crippen LogP contribution in [0, 0.1) is 5.82 Å². The zero-order chi connectivity index (χ0) is 14.4. The lowest BCUT2D eigenvalue weighted by molar-refractivity contribution is -0.122. The number of carbonyl (C=O) groups excluding carboxylic acids is 1. The van der Waals surface area contributed by atoms with Crippen molar-refractivity contribution in [3.63, 3.8) is 0 Å². The summed E-state index contributed by atoms with van der Waals surface area (Å²) in [5, 5.41) is 2.53. The summed E-state index contributed by atoms with van der Waals surface area (Å²) in [6.07, 6.45) is 2.22. The van der Waals surface area contributed by atoms with Crippen LogP contribution in [0.4, 0.5) is 10.1 Å². The van der Waals surface area contributed by atoms with E-state index in [4.69, 9.17) is 4.74 Å². The van der Waals surface area contributed by atoms with Gasteiger partial charge in [-0.2, -0.15) is 0 Å². The lowest BCUT2D eigenvalue weighted by Gasteiger charge is -2.11. The molecule has 106 valence electrons. The molecule has 0 aliphatic heterocycles. The van der Waals surface area contributed by atoms with E-state index in [1.807, 2.05) is 13.8 Å². The number of carbonyl (C=O) groups is 1. The fourth-order valence-electron chi connectivity index (χ4n) is 1.34. The van der Waals surface area contributed by atoms with Gasteiger partial charge in [0, 0.05) is 11.9 Å². The molecular formula is C13H18FNO3S. The van der Waals surface area contributed by atoms with Gasteiger partial charge in [0.05, 0.1) is 21.8 Å². The molecule has 1 rings (SSSR count). The van der Waals surface area contributed by atoms with Crippen molar-refractivity contribution >= 4 is 22.4 Å². The molecule has 0 bridgehead atoms. The normalized spacial score (nSPS) is 13.9. The highest BCUT2D eigenvalue weighted by molar-refractivity contribution is 7.84. The van der Waals surface area contributed by atoms with E-state index in [-0.39, 0.29) is 23.5 Å². The molecule has 1 aromatic carbocycles. The van der Waals surface area contributed by atoms with E-state index in [1.165, 1.54) is 18.4 Å². The van der Waals surface area contributed by atoms with Crippen molar-refractivity contribution < 1.29 is 18.1 Å². The van der Waals surface area contributed by atoms with Crippen LogP contribution in [0.1, 0.15) is 20.3 Å². The lowest BCUT2D eigenvalue weighted by atomic mass is 10.3. The second-order valence-corrected chi connectivity index (χ2v) is 5.53. The first-order chi connectivity index (χ1) is 8.93. The molecule has 0 saturated carbocycles. The summed E-state index contributed by atoms with van der Waals surface area (Å²) in [7, 11) is -1.38. The van der Waals surface area contributed by atoms with Gasteiger partial charge in [-0.25, -0.2) is 4.39 Å². The van der Waals surface area contributed by atoms with Gasteiger partial charge in [0.15, 0.2) is 0 Å². The Morgan fingerprint density at radius 1 is 1.53 bits per heavy atom. The topological polar surface area (TPSA) is 55.4 Å². The van der Waals surface area contributed by atoms with E-state index < -0.39 is 16.6 Å². The molecule has 0 spiro atoms. The average Bonchev–Trinajstić information content (AvgIpc) is 2.35. The number of hydrogen-bond donors (Lipinski definition) is 1. The second kappa shape index (κ2) is 7.35. The Morgan fingerprint density at radius 3 is 2.74 bits per heavy atom. The van der Waals surface area contributed by atoms with Gasteiger partial charge in [0.1, 0.15) is 12.4 Å². The van der Waals surface area contributed by atoms with Gasteiger partial charge in [-0.3, -0.25) is 9.00 Å². The van der Waals surface area contributed by atoms with Crippen LogP contribution >= 0.6 is 0 Å².